The second-order valence-electron chi connectivity index (χ2n) is 4.58. The number of aromatic hydroxyl groups is 1. The smallest absolute Gasteiger partial charge is 0.170 e. The Kier molecular flexibility index (Phi) is 6.91. The van der Waals surface area contributed by atoms with Gasteiger partial charge in [-0.3, -0.25) is 4.79 Å². The van der Waals surface area contributed by atoms with Crippen molar-refractivity contribution in [2.75, 3.05) is 13.2 Å². The Morgan fingerprint density at radius 1 is 1.15 bits per heavy atom. The van der Waals surface area contributed by atoms with Crippen molar-refractivity contribution < 1.29 is 19.4 Å². The third-order valence-corrected chi connectivity index (χ3v) is 2.97. The first-order valence-electron chi connectivity index (χ1n) is 7.29. The first kappa shape index (κ1) is 16.3. The number of carbonyl (C=O) groups is 1. The van der Waals surface area contributed by atoms with E-state index in [0.717, 1.165) is 19.3 Å². The number of ketones is 1. The molecule has 1 aromatic rings. The molecule has 1 N–H and O–H groups in total. The minimum Gasteiger partial charge on any atom is -0.507 e. The van der Waals surface area contributed by atoms with Crippen LogP contribution in [0.15, 0.2) is 12.1 Å². The van der Waals surface area contributed by atoms with Crippen molar-refractivity contribution >= 4 is 5.78 Å². The SMILES string of the molecule is CCCCCOc1cc(O)c(C(=O)CC)c(OCC)c1. The largest absolute Gasteiger partial charge is 0.507 e. The van der Waals surface area contributed by atoms with Gasteiger partial charge in [-0.1, -0.05) is 26.7 Å². The van der Waals surface area contributed by atoms with Gasteiger partial charge in [-0.25, -0.2) is 0 Å². The Morgan fingerprint density at radius 2 is 1.90 bits per heavy atom. The summed E-state index contributed by atoms with van der Waals surface area (Å²) in [4.78, 5) is 11.9. The van der Waals surface area contributed by atoms with E-state index in [0.29, 0.717) is 31.1 Å². The van der Waals surface area contributed by atoms with Gasteiger partial charge in [0.2, 0.25) is 0 Å². The Morgan fingerprint density at radius 3 is 2.50 bits per heavy atom. The van der Waals surface area contributed by atoms with Crippen molar-refractivity contribution in [3.63, 3.8) is 0 Å². The summed E-state index contributed by atoms with van der Waals surface area (Å²) in [5.41, 5.74) is 0.246. The Bertz CT molecular complexity index is 440. The predicted octanol–water partition coefficient (Wildman–Crippen LogP) is 3.95. The summed E-state index contributed by atoms with van der Waals surface area (Å²) < 4.78 is 11.0. The number of phenolic OH excluding ortho intramolecular Hbond substituents is 1. The van der Waals surface area contributed by atoms with Gasteiger partial charge >= 0.3 is 0 Å². The molecule has 1 aromatic carbocycles. The summed E-state index contributed by atoms with van der Waals surface area (Å²) in [6.45, 7) is 6.76. The zero-order chi connectivity index (χ0) is 15.0. The highest BCUT2D eigenvalue weighted by Crippen LogP contribution is 2.34. The highest BCUT2D eigenvalue weighted by atomic mass is 16.5. The lowest BCUT2D eigenvalue weighted by Crippen LogP contribution is -2.05. The van der Waals surface area contributed by atoms with Crippen LogP contribution in [-0.4, -0.2) is 24.1 Å². The molecule has 0 aromatic heterocycles. The van der Waals surface area contributed by atoms with E-state index in [9.17, 15) is 9.90 Å². The van der Waals surface area contributed by atoms with E-state index in [1.165, 1.54) is 6.07 Å². The molecular weight excluding hydrogens is 256 g/mol. The number of phenols is 1. The van der Waals surface area contributed by atoms with Crippen molar-refractivity contribution in [1.82, 2.24) is 0 Å². The van der Waals surface area contributed by atoms with Crippen LogP contribution in [0.3, 0.4) is 0 Å². The average molecular weight is 280 g/mol. The molecule has 0 heterocycles. The van der Waals surface area contributed by atoms with Gasteiger partial charge in [-0.2, -0.15) is 0 Å². The summed E-state index contributed by atoms with van der Waals surface area (Å²) in [6, 6.07) is 3.16. The van der Waals surface area contributed by atoms with Crippen LogP contribution in [0.4, 0.5) is 0 Å². The van der Waals surface area contributed by atoms with Gasteiger partial charge in [-0.15, -0.1) is 0 Å². The maximum Gasteiger partial charge on any atom is 0.170 e. The maximum absolute atomic E-state index is 11.9. The van der Waals surface area contributed by atoms with E-state index in [-0.39, 0.29) is 17.1 Å². The summed E-state index contributed by atoms with van der Waals surface area (Å²) in [6.07, 6.45) is 3.53. The molecule has 0 amide bonds. The standard InChI is InChI=1S/C16H24O4/c1-4-7-8-9-20-12-10-14(18)16(13(17)5-2)15(11-12)19-6-3/h10-11,18H,4-9H2,1-3H3. The highest BCUT2D eigenvalue weighted by molar-refractivity contribution is 6.01. The first-order valence-corrected chi connectivity index (χ1v) is 7.29. The lowest BCUT2D eigenvalue weighted by molar-refractivity contribution is 0.0981. The van der Waals surface area contributed by atoms with Gasteiger partial charge in [0, 0.05) is 18.6 Å². The normalized spacial score (nSPS) is 10.3. The fourth-order valence-corrected chi connectivity index (χ4v) is 1.93. The Hall–Kier alpha value is -1.71. The number of carbonyl (C=O) groups excluding carboxylic acids is 1. The van der Waals surface area contributed by atoms with Crippen LogP contribution in [0.2, 0.25) is 0 Å². The summed E-state index contributed by atoms with van der Waals surface area (Å²) in [5.74, 6) is 0.719. The maximum atomic E-state index is 11.9. The zero-order valence-corrected chi connectivity index (χ0v) is 12.6. The molecule has 0 bridgehead atoms. The third kappa shape index (κ3) is 4.44. The summed E-state index contributed by atoms with van der Waals surface area (Å²) in [7, 11) is 0. The number of hydrogen-bond acceptors (Lipinski definition) is 4. The number of benzene rings is 1. The fourth-order valence-electron chi connectivity index (χ4n) is 1.93. The van der Waals surface area contributed by atoms with Gasteiger partial charge in [0.1, 0.15) is 22.8 Å². The lowest BCUT2D eigenvalue weighted by Gasteiger charge is -2.13. The third-order valence-electron chi connectivity index (χ3n) is 2.97. The van der Waals surface area contributed by atoms with Crippen LogP contribution in [0.25, 0.3) is 0 Å². The Labute approximate surface area is 120 Å². The molecule has 4 heteroatoms. The van der Waals surface area contributed by atoms with E-state index < -0.39 is 0 Å². The van der Waals surface area contributed by atoms with Crippen LogP contribution in [-0.2, 0) is 0 Å². The molecule has 0 aliphatic heterocycles. The lowest BCUT2D eigenvalue weighted by atomic mass is 10.1. The number of rotatable bonds is 9. The van der Waals surface area contributed by atoms with Crippen LogP contribution in [0.5, 0.6) is 17.2 Å². The molecule has 0 fully saturated rings. The molecular formula is C16H24O4. The van der Waals surface area contributed by atoms with E-state index in [1.807, 2.05) is 6.92 Å². The summed E-state index contributed by atoms with van der Waals surface area (Å²) >= 11 is 0. The van der Waals surface area contributed by atoms with E-state index in [1.54, 1.807) is 13.0 Å². The molecule has 112 valence electrons. The first-order chi connectivity index (χ1) is 9.63. The molecule has 20 heavy (non-hydrogen) atoms. The minimum atomic E-state index is -0.136. The number of Topliss-reactive ketones (excluding diaryl/α,β-unsaturated/α-hetero) is 1. The van der Waals surface area contributed by atoms with Gasteiger partial charge in [-0.05, 0) is 13.3 Å². The molecule has 4 nitrogen and oxygen atoms in total. The molecule has 0 aliphatic rings. The molecule has 0 spiro atoms. The van der Waals surface area contributed by atoms with Crippen molar-refractivity contribution in [3.05, 3.63) is 17.7 Å². The summed E-state index contributed by atoms with van der Waals surface area (Å²) in [5, 5.41) is 10.0. The van der Waals surface area contributed by atoms with Crippen molar-refractivity contribution in [3.8, 4) is 17.2 Å². The van der Waals surface area contributed by atoms with Crippen LogP contribution >= 0.6 is 0 Å². The van der Waals surface area contributed by atoms with Gasteiger partial charge in [0.05, 0.1) is 13.2 Å². The van der Waals surface area contributed by atoms with Crippen LogP contribution < -0.4 is 9.47 Å². The number of ether oxygens (including phenoxy) is 2. The van der Waals surface area contributed by atoms with Crippen molar-refractivity contribution in [2.24, 2.45) is 0 Å². The van der Waals surface area contributed by atoms with Crippen molar-refractivity contribution in [1.29, 1.82) is 0 Å². The van der Waals surface area contributed by atoms with E-state index in [2.05, 4.69) is 6.92 Å². The molecule has 0 aliphatic carbocycles. The van der Waals surface area contributed by atoms with Gasteiger partial charge < -0.3 is 14.6 Å². The zero-order valence-electron chi connectivity index (χ0n) is 12.6. The van der Waals surface area contributed by atoms with Crippen LogP contribution in [0.1, 0.15) is 56.8 Å². The monoisotopic (exact) mass is 280 g/mol. The van der Waals surface area contributed by atoms with E-state index in [4.69, 9.17) is 9.47 Å². The molecule has 0 saturated heterocycles. The second kappa shape index (κ2) is 8.46. The van der Waals surface area contributed by atoms with Crippen LogP contribution in [0, 0.1) is 0 Å². The minimum absolute atomic E-state index is 0.0757. The topological polar surface area (TPSA) is 55.8 Å². The number of unbranched alkanes of at least 4 members (excludes halogenated alkanes) is 2. The van der Waals surface area contributed by atoms with Gasteiger partial charge in [0.25, 0.3) is 0 Å². The quantitative estimate of drug-likeness (QED) is 0.549. The molecule has 0 radical (unpaired) electrons. The fraction of sp³-hybridized carbons (Fsp3) is 0.562. The molecule has 1 rings (SSSR count). The highest BCUT2D eigenvalue weighted by Gasteiger charge is 2.18. The Balaban J connectivity index is 2.91. The number of hydrogen-bond donors (Lipinski definition) is 1. The van der Waals surface area contributed by atoms with E-state index >= 15 is 0 Å². The van der Waals surface area contributed by atoms with Crippen molar-refractivity contribution in [2.45, 2.75) is 46.5 Å². The van der Waals surface area contributed by atoms with Gasteiger partial charge in [0.15, 0.2) is 5.78 Å². The second-order valence-corrected chi connectivity index (χ2v) is 4.58. The average Bonchev–Trinajstić information content (AvgIpc) is 2.43. The molecule has 0 saturated carbocycles. The molecule has 0 unspecified atom stereocenters. The molecule has 0 atom stereocenters. The predicted molar refractivity (Wildman–Crippen MR) is 78.9 cm³/mol.